The monoisotopic (exact) mass is 1280 g/mol. The normalized spacial score (nSPS) is 12.3. The van der Waals surface area contributed by atoms with Crippen LogP contribution in [0.2, 0.25) is 0 Å². The molecular formula is C72H86F4N8O9. The number of hydrogen-bond donors (Lipinski definition) is 7. The number of carbonyl (C=O) groups excluding carboxylic acids is 3. The van der Waals surface area contributed by atoms with Gasteiger partial charge in [-0.15, -0.1) is 0 Å². The highest BCUT2D eigenvalue weighted by Gasteiger charge is 2.26. The summed E-state index contributed by atoms with van der Waals surface area (Å²) in [4.78, 5) is 63.1. The van der Waals surface area contributed by atoms with E-state index in [1.54, 1.807) is 28.0 Å². The zero-order valence-electron chi connectivity index (χ0n) is 53.6. The molecule has 21 heteroatoms. The average molecular weight is 1280 g/mol. The van der Waals surface area contributed by atoms with Crippen LogP contribution < -0.4 is 21.7 Å². The maximum Gasteiger partial charge on any atom is 0.335 e. The van der Waals surface area contributed by atoms with E-state index in [0.717, 1.165) is 61.8 Å². The number of aromatic carboxylic acids is 1. The highest BCUT2D eigenvalue weighted by Crippen LogP contribution is 2.25. The number of nitrogens with zero attached hydrogens (tertiary/aromatic N) is 4. The van der Waals surface area contributed by atoms with Crippen molar-refractivity contribution in [2.24, 2.45) is 5.73 Å². The van der Waals surface area contributed by atoms with Crippen LogP contribution >= 0.6 is 0 Å². The summed E-state index contributed by atoms with van der Waals surface area (Å²) in [6.45, 7) is 16.1. The molecule has 0 saturated carbocycles. The number of carboxylic acid groups (broad SMARTS) is 1. The van der Waals surface area contributed by atoms with Crippen LogP contribution in [-0.2, 0) is 38.8 Å². The highest BCUT2D eigenvalue weighted by molar-refractivity contribution is 6.01. The lowest BCUT2D eigenvalue weighted by Crippen LogP contribution is -2.48. The van der Waals surface area contributed by atoms with Crippen LogP contribution in [0.15, 0.2) is 155 Å². The minimum Gasteiger partial charge on any atom is -0.478 e. The highest BCUT2D eigenvalue weighted by atomic mass is 19.1. The number of halogens is 4. The minimum absolute atomic E-state index is 0.0389. The van der Waals surface area contributed by atoms with Crippen LogP contribution in [0.3, 0.4) is 0 Å². The second-order valence-corrected chi connectivity index (χ2v) is 22.6. The fourth-order valence-corrected chi connectivity index (χ4v) is 10.4. The van der Waals surface area contributed by atoms with E-state index in [1.807, 2.05) is 58.0 Å². The number of oxazole rings is 2. The van der Waals surface area contributed by atoms with Gasteiger partial charge in [-0.2, -0.15) is 0 Å². The molecule has 3 amide bonds. The third-order valence-electron chi connectivity index (χ3n) is 15.0. The molecule has 2 aromatic heterocycles. The molecule has 0 aliphatic rings. The number of aromatic nitrogens is 2. The number of hydrogen-bond acceptors (Lipinski definition) is 13. The molecule has 2 heterocycles. The molecule has 0 unspecified atom stereocenters. The Bertz CT molecular complexity index is 3600. The van der Waals surface area contributed by atoms with Gasteiger partial charge in [-0.1, -0.05) is 90.1 Å². The number of carboxylic acids is 1. The van der Waals surface area contributed by atoms with Crippen LogP contribution in [-0.4, -0.2) is 122 Å². The number of nitrogens with two attached hydrogens (primary N) is 1. The van der Waals surface area contributed by atoms with Crippen LogP contribution in [0.4, 0.5) is 17.6 Å². The van der Waals surface area contributed by atoms with Gasteiger partial charge in [0.1, 0.15) is 35.8 Å². The molecule has 17 nitrogen and oxygen atoms in total. The standard InChI is InChI=1S/C36H42F2N4O4.C19H24F2N2O.C17H20N2O4/c1-4-11-42(12-5-2)36(45)29-19-27(18-28(20-29)35-40-10-13-46-35)34(44)41-32(17-26-15-30(37)21-31(38)16-26)33(43)23-39-22-25-9-7-8-24(6-3)14-25;1-2-13-4-3-5-14(6-13)11-23-12-19(24)18(22)9-15-7-16(20)10-17(21)8-15;1-3-6-19(7-4-2)16(20)13-9-12(15-18-5-8-23-15)10-14(11-13)17(21)22/h7-10,13-16,18-21,32-33,39,43H,4-6,11-12,17,22-23H2,1-3H3,(H,41,44);3-8,10,18-19,23-24H,2,9,11-12,22H2,1H3;5,8-11H,3-4,6-7H2,1-2H3,(H,21,22)/t32-,33+;18-,19+;/m00./s1. The van der Waals surface area contributed by atoms with Gasteiger partial charge in [0.2, 0.25) is 11.8 Å². The Labute approximate surface area is 541 Å². The second kappa shape index (κ2) is 37.6. The van der Waals surface area contributed by atoms with Crippen molar-refractivity contribution in [2.75, 3.05) is 39.3 Å². The molecule has 496 valence electrons. The summed E-state index contributed by atoms with van der Waals surface area (Å²) in [5, 5.41) is 39.9. The van der Waals surface area contributed by atoms with Gasteiger partial charge < -0.3 is 55.6 Å². The van der Waals surface area contributed by atoms with Crippen molar-refractivity contribution >= 4 is 23.7 Å². The predicted octanol–water partition coefficient (Wildman–Crippen LogP) is 11.8. The molecule has 8 rings (SSSR count). The van der Waals surface area contributed by atoms with E-state index in [2.05, 4.69) is 58.0 Å². The van der Waals surface area contributed by atoms with Gasteiger partial charge in [-0.3, -0.25) is 14.4 Å². The molecule has 8 N–H and O–H groups in total. The van der Waals surface area contributed by atoms with Gasteiger partial charge in [0.25, 0.3) is 17.7 Å². The number of nitrogens with one attached hydrogen (secondary N) is 3. The van der Waals surface area contributed by atoms with E-state index in [0.29, 0.717) is 79.5 Å². The molecule has 8 aromatic rings. The fourth-order valence-electron chi connectivity index (χ4n) is 10.4. The van der Waals surface area contributed by atoms with E-state index >= 15 is 0 Å². The first-order valence-corrected chi connectivity index (χ1v) is 31.6. The second-order valence-electron chi connectivity index (χ2n) is 22.6. The minimum atomic E-state index is -1.12. The number of aryl methyl sites for hydroxylation is 2. The third-order valence-corrected chi connectivity index (χ3v) is 15.0. The zero-order valence-corrected chi connectivity index (χ0v) is 53.6. The SMILES string of the molecule is CCCN(CCC)C(=O)c1cc(C(=O)N[C@@H](Cc2cc(F)cc(F)c2)[C@H](O)CNCc2cccc(CC)c2)cc(-c2ncco2)c1.CCCN(CCC)C(=O)c1cc(C(=O)O)cc(-c2ncco2)c1.CCc1cccc(CNC[C@@H](O)[C@@H](N)Cc2cc(F)cc(F)c2)c1. The summed E-state index contributed by atoms with van der Waals surface area (Å²) in [5.74, 6) is -4.33. The van der Waals surface area contributed by atoms with Gasteiger partial charge in [0.15, 0.2) is 0 Å². The Morgan fingerprint density at radius 2 is 0.903 bits per heavy atom. The third kappa shape index (κ3) is 23.3. The molecule has 0 aliphatic heterocycles. The van der Waals surface area contributed by atoms with E-state index in [1.165, 1.54) is 78.5 Å². The Morgan fingerprint density at radius 1 is 0.505 bits per heavy atom. The Morgan fingerprint density at radius 3 is 1.31 bits per heavy atom. The predicted molar refractivity (Wildman–Crippen MR) is 350 cm³/mol. The van der Waals surface area contributed by atoms with Crippen LogP contribution in [0.5, 0.6) is 0 Å². The fraction of sp³-hybridized carbons (Fsp3) is 0.361. The van der Waals surface area contributed by atoms with Gasteiger partial charge in [0.05, 0.1) is 36.2 Å². The number of carbonyl (C=O) groups is 4. The summed E-state index contributed by atoms with van der Waals surface area (Å²) >= 11 is 0. The lowest BCUT2D eigenvalue weighted by molar-refractivity contribution is 0.0695. The maximum absolute atomic E-state index is 14.1. The first kappa shape index (κ1) is 73.2. The molecule has 0 aliphatic carbocycles. The van der Waals surface area contributed by atoms with Gasteiger partial charge in [-0.25, -0.2) is 32.3 Å². The number of rotatable bonds is 31. The molecule has 93 heavy (non-hydrogen) atoms. The molecule has 0 saturated heterocycles. The summed E-state index contributed by atoms with van der Waals surface area (Å²) in [7, 11) is 0. The maximum atomic E-state index is 14.1. The molecule has 6 aromatic carbocycles. The van der Waals surface area contributed by atoms with Gasteiger partial charge in [0, 0.05) is 98.3 Å². The first-order valence-electron chi connectivity index (χ1n) is 31.6. The van der Waals surface area contributed by atoms with E-state index < -0.39 is 59.4 Å². The van der Waals surface area contributed by atoms with Gasteiger partial charge in [-0.05, 0) is 145 Å². The number of amides is 3. The van der Waals surface area contributed by atoms with Gasteiger partial charge >= 0.3 is 5.97 Å². The lowest BCUT2D eigenvalue weighted by atomic mass is 9.99. The van der Waals surface area contributed by atoms with Crippen molar-refractivity contribution in [1.82, 2.24) is 35.7 Å². The van der Waals surface area contributed by atoms with Crippen molar-refractivity contribution in [3.63, 3.8) is 0 Å². The Kier molecular flexibility index (Phi) is 29.6. The lowest BCUT2D eigenvalue weighted by Gasteiger charge is -2.25. The summed E-state index contributed by atoms with van der Waals surface area (Å²) < 4.78 is 65.2. The summed E-state index contributed by atoms with van der Waals surface area (Å²) in [6.07, 6.45) is 9.12. The summed E-state index contributed by atoms with van der Waals surface area (Å²) in [5.41, 5.74) is 13.0. The molecule has 0 fully saturated rings. The molecular weight excluding hydrogens is 1200 g/mol. The van der Waals surface area contributed by atoms with Crippen molar-refractivity contribution in [2.45, 2.75) is 130 Å². The Balaban J connectivity index is 0.000000245. The quantitative estimate of drug-likeness (QED) is 0.0200. The average Bonchev–Trinajstić information content (AvgIpc) is 1.79. The first-order chi connectivity index (χ1) is 44.7. The van der Waals surface area contributed by atoms with E-state index in [-0.39, 0.29) is 53.8 Å². The van der Waals surface area contributed by atoms with Crippen molar-refractivity contribution in [1.29, 1.82) is 0 Å². The number of aliphatic hydroxyl groups excluding tert-OH is 2. The van der Waals surface area contributed by atoms with Crippen LogP contribution in [0.25, 0.3) is 22.9 Å². The molecule has 0 spiro atoms. The smallest absolute Gasteiger partial charge is 0.335 e. The Hall–Kier alpha value is -8.86. The zero-order chi connectivity index (χ0) is 67.4. The van der Waals surface area contributed by atoms with E-state index in [9.17, 15) is 52.1 Å². The number of benzene rings is 6. The van der Waals surface area contributed by atoms with Crippen molar-refractivity contribution in [3.8, 4) is 22.9 Å². The molecule has 0 radical (unpaired) electrons. The van der Waals surface area contributed by atoms with Crippen LogP contribution in [0.1, 0.15) is 142 Å². The largest absolute Gasteiger partial charge is 0.478 e. The van der Waals surface area contributed by atoms with Crippen molar-refractivity contribution in [3.05, 3.63) is 225 Å². The van der Waals surface area contributed by atoms with Crippen LogP contribution in [0, 0.1) is 23.3 Å². The van der Waals surface area contributed by atoms with Crippen molar-refractivity contribution < 1.29 is 60.9 Å². The topological polar surface area (TPSA) is 250 Å². The van der Waals surface area contributed by atoms with E-state index in [4.69, 9.17) is 14.6 Å². The summed E-state index contributed by atoms with van der Waals surface area (Å²) in [6, 6.07) is 30.4. The molecule has 4 atom stereocenters. The molecule has 0 bridgehead atoms. The number of aliphatic hydroxyl groups is 2.